The van der Waals surface area contributed by atoms with Gasteiger partial charge in [-0.15, -0.1) is 0 Å². The van der Waals surface area contributed by atoms with Crippen molar-refractivity contribution in [2.24, 2.45) is 11.7 Å². The Kier molecular flexibility index (Phi) is 5.47. The molecule has 25 heavy (non-hydrogen) atoms. The minimum atomic E-state index is -1.80. The van der Waals surface area contributed by atoms with Crippen molar-refractivity contribution in [1.82, 2.24) is 9.55 Å². The number of carbonyl (C=O) groups excluding carboxylic acids is 1. The highest BCUT2D eigenvalue weighted by Gasteiger charge is 2.56. The van der Waals surface area contributed by atoms with Crippen molar-refractivity contribution in [1.29, 1.82) is 0 Å². The van der Waals surface area contributed by atoms with Crippen LogP contribution in [0.25, 0.3) is 0 Å². The van der Waals surface area contributed by atoms with Gasteiger partial charge in [0, 0.05) is 6.20 Å². The lowest BCUT2D eigenvalue weighted by Crippen LogP contribution is -2.51. The third-order valence-electron chi connectivity index (χ3n) is 4.23. The monoisotopic (exact) mass is 356 g/mol. The van der Waals surface area contributed by atoms with Gasteiger partial charge in [0.25, 0.3) is 0 Å². The summed E-state index contributed by atoms with van der Waals surface area (Å²) in [7, 11) is 0. The van der Waals surface area contributed by atoms with Crippen LogP contribution in [0.2, 0.25) is 0 Å². The normalized spacial score (nSPS) is 30.4. The van der Waals surface area contributed by atoms with Crippen molar-refractivity contribution in [3.8, 4) is 0 Å². The molecule has 0 bridgehead atoms. The second-order valence-electron chi connectivity index (χ2n) is 6.60. The minimum absolute atomic E-state index is 0.0171. The van der Waals surface area contributed by atoms with Gasteiger partial charge in [0.15, 0.2) is 12.3 Å². The number of anilines is 1. The Morgan fingerprint density at radius 3 is 2.72 bits per heavy atom. The minimum Gasteiger partial charge on any atom is -0.455 e. The predicted molar refractivity (Wildman–Crippen MR) is 87.2 cm³/mol. The molecule has 1 unspecified atom stereocenters. The maximum absolute atomic E-state index is 12.2. The quantitative estimate of drug-likeness (QED) is 0.453. The van der Waals surface area contributed by atoms with E-state index in [1.807, 2.05) is 0 Å². The molecule has 0 radical (unpaired) electrons. The molecule has 0 saturated carbocycles. The zero-order valence-electron chi connectivity index (χ0n) is 14.3. The van der Waals surface area contributed by atoms with E-state index in [1.165, 1.54) is 19.2 Å². The van der Waals surface area contributed by atoms with Crippen LogP contribution in [0.15, 0.2) is 17.1 Å². The number of hydrogen-bond donors (Lipinski definition) is 4. The summed E-state index contributed by atoms with van der Waals surface area (Å²) in [5.74, 6) is -0.888. The number of hydrogen-bond acceptors (Lipinski definition) is 9. The number of aliphatic hydroxyl groups is 2. The number of nitrogens with zero attached hydrogens (tertiary/aromatic N) is 2. The molecule has 0 spiro atoms. The van der Waals surface area contributed by atoms with Gasteiger partial charge in [0.05, 0.1) is 6.61 Å². The second kappa shape index (κ2) is 7.08. The molecule has 0 aliphatic carbocycles. The molecule has 10 nitrogen and oxygen atoms in total. The van der Waals surface area contributed by atoms with Gasteiger partial charge in [-0.05, 0) is 18.9 Å². The lowest BCUT2D eigenvalue weighted by molar-refractivity contribution is -0.166. The van der Waals surface area contributed by atoms with Crippen LogP contribution >= 0.6 is 0 Å². The first-order valence-electron chi connectivity index (χ1n) is 7.89. The van der Waals surface area contributed by atoms with Crippen LogP contribution in [0.3, 0.4) is 0 Å². The molecule has 1 fully saturated rings. The summed E-state index contributed by atoms with van der Waals surface area (Å²) in [6.45, 7) is 4.32. The van der Waals surface area contributed by atoms with Crippen molar-refractivity contribution in [2.45, 2.75) is 50.8 Å². The summed E-state index contributed by atoms with van der Waals surface area (Å²) in [6.07, 6.45) is -2.17. The van der Waals surface area contributed by atoms with Crippen LogP contribution in [-0.2, 0) is 14.3 Å². The van der Waals surface area contributed by atoms with Gasteiger partial charge in [-0.25, -0.2) is 4.79 Å². The van der Waals surface area contributed by atoms with Crippen molar-refractivity contribution in [3.63, 3.8) is 0 Å². The van der Waals surface area contributed by atoms with Crippen molar-refractivity contribution in [2.75, 3.05) is 12.3 Å². The number of nitrogen functional groups attached to an aromatic ring is 1. The highest BCUT2D eigenvalue weighted by molar-refractivity contribution is 5.76. The maximum atomic E-state index is 12.2. The average Bonchev–Trinajstić information content (AvgIpc) is 2.77. The Bertz CT molecular complexity index is 689. The molecule has 1 aliphatic heterocycles. The zero-order chi connectivity index (χ0) is 18.9. The van der Waals surface area contributed by atoms with Crippen molar-refractivity contribution in [3.05, 3.63) is 22.7 Å². The smallest absolute Gasteiger partial charge is 0.351 e. The fraction of sp³-hybridized carbons (Fsp3) is 0.667. The molecule has 1 aromatic heterocycles. The van der Waals surface area contributed by atoms with E-state index in [1.54, 1.807) is 13.8 Å². The van der Waals surface area contributed by atoms with Crippen LogP contribution in [0, 0.1) is 5.92 Å². The molecule has 6 N–H and O–H groups in total. The van der Waals surface area contributed by atoms with E-state index in [0.717, 1.165) is 4.57 Å². The molecule has 1 aromatic rings. The molecule has 5 atom stereocenters. The Morgan fingerprint density at radius 2 is 2.20 bits per heavy atom. The van der Waals surface area contributed by atoms with Crippen molar-refractivity contribution >= 4 is 11.8 Å². The molecule has 1 saturated heterocycles. The Balaban J connectivity index is 2.32. The average molecular weight is 356 g/mol. The third kappa shape index (κ3) is 3.66. The number of nitrogens with two attached hydrogens (primary N) is 2. The molecule has 1 aliphatic rings. The Labute approximate surface area is 144 Å². The molecular weight excluding hydrogens is 332 g/mol. The first-order chi connectivity index (χ1) is 11.6. The SMILES string of the molecule is CC(C)[C@H](N)C(=O)OC1[C@@H](CO)O[C@@H](n2ccc(N)nc2=O)[C@@]1(C)O. The molecule has 0 amide bonds. The standard InChI is InChI=1S/C15H24N4O6/c1-7(2)10(17)12(21)25-11-8(6-20)24-13(15(11,3)23)19-5-4-9(16)18-14(19)22/h4-5,7-8,10-11,13,20,23H,6,17H2,1-3H3,(H2,16,18,22)/t8-,10+,11?,13-,15+/m1/s1. The van der Waals surface area contributed by atoms with Crippen molar-refractivity contribution < 1.29 is 24.5 Å². The maximum Gasteiger partial charge on any atom is 0.351 e. The second-order valence-corrected chi connectivity index (χ2v) is 6.60. The Morgan fingerprint density at radius 1 is 1.56 bits per heavy atom. The Hall–Kier alpha value is -2.01. The van der Waals surface area contributed by atoms with Gasteiger partial charge in [-0.3, -0.25) is 9.36 Å². The summed E-state index contributed by atoms with van der Waals surface area (Å²) in [5.41, 5.74) is 8.67. The molecule has 0 aromatic carbocycles. The third-order valence-corrected chi connectivity index (χ3v) is 4.23. The fourth-order valence-corrected chi connectivity index (χ4v) is 2.65. The van der Waals surface area contributed by atoms with Crippen LogP contribution < -0.4 is 17.2 Å². The van der Waals surface area contributed by atoms with E-state index in [-0.39, 0.29) is 11.7 Å². The lowest BCUT2D eigenvalue weighted by atomic mass is 9.95. The van der Waals surface area contributed by atoms with E-state index in [0.29, 0.717) is 0 Å². The number of esters is 1. The van der Waals surface area contributed by atoms with E-state index >= 15 is 0 Å². The highest BCUT2D eigenvalue weighted by Crippen LogP contribution is 2.39. The van der Waals surface area contributed by atoms with E-state index < -0.39 is 48.3 Å². The number of aromatic nitrogens is 2. The van der Waals surface area contributed by atoms with E-state index in [4.69, 9.17) is 20.9 Å². The lowest BCUT2D eigenvalue weighted by Gasteiger charge is -2.30. The first-order valence-corrected chi connectivity index (χ1v) is 7.89. The van der Waals surface area contributed by atoms with Crippen LogP contribution in [-0.4, -0.2) is 56.2 Å². The number of carbonyl (C=O) groups is 1. The summed E-state index contributed by atoms with van der Waals surface area (Å²) in [5, 5.41) is 20.4. The topological polar surface area (TPSA) is 163 Å². The summed E-state index contributed by atoms with van der Waals surface area (Å²) >= 11 is 0. The molecule has 10 heteroatoms. The van der Waals surface area contributed by atoms with Crippen LogP contribution in [0.1, 0.15) is 27.0 Å². The summed E-state index contributed by atoms with van der Waals surface area (Å²) < 4.78 is 11.9. The predicted octanol–water partition coefficient (Wildman–Crippen LogP) is -1.64. The fourth-order valence-electron chi connectivity index (χ4n) is 2.65. The van der Waals surface area contributed by atoms with E-state index in [9.17, 15) is 19.8 Å². The summed E-state index contributed by atoms with van der Waals surface area (Å²) in [4.78, 5) is 27.8. The van der Waals surface area contributed by atoms with Gasteiger partial charge < -0.3 is 31.2 Å². The molecule has 2 rings (SSSR count). The van der Waals surface area contributed by atoms with E-state index in [2.05, 4.69) is 4.98 Å². The van der Waals surface area contributed by atoms with Crippen LogP contribution in [0.4, 0.5) is 5.82 Å². The number of aliphatic hydroxyl groups excluding tert-OH is 1. The molecule has 2 heterocycles. The number of rotatable bonds is 5. The van der Waals surface area contributed by atoms with Gasteiger partial charge in [-0.1, -0.05) is 13.8 Å². The van der Waals surface area contributed by atoms with Gasteiger partial charge >= 0.3 is 11.7 Å². The van der Waals surface area contributed by atoms with Gasteiger partial charge in [-0.2, -0.15) is 4.98 Å². The number of ether oxygens (including phenoxy) is 2. The van der Waals surface area contributed by atoms with Gasteiger partial charge in [0.2, 0.25) is 0 Å². The largest absolute Gasteiger partial charge is 0.455 e. The molecular formula is C15H24N4O6. The highest BCUT2D eigenvalue weighted by atomic mass is 16.6. The van der Waals surface area contributed by atoms with Gasteiger partial charge in [0.1, 0.15) is 23.6 Å². The summed E-state index contributed by atoms with van der Waals surface area (Å²) in [6, 6.07) is 0.470. The first kappa shape index (κ1) is 19.3. The molecule has 140 valence electrons. The zero-order valence-corrected chi connectivity index (χ0v) is 14.3. The van der Waals surface area contributed by atoms with Crippen LogP contribution in [0.5, 0.6) is 0 Å².